The SMILES string of the molecule is COCCCn1c(-c2ccc([N+](=O)[O-])o2)nc2cc(NC(=O)/C=C/c3ccccc3Cl)c(N3CCOCC3)cc21. The molecule has 0 spiro atoms. The molecule has 12 heteroatoms. The average Bonchev–Trinajstić information content (AvgIpc) is 3.58. The van der Waals surface area contributed by atoms with Gasteiger partial charge in [0.15, 0.2) is 11.6 Å². The molecule has 0 unspecified atom stereocenters. The summed E-state index contributed by atoms with van der Waals surface area (Å²) in [5.41, 5.74) is 3.54. The van der Waals surface area contributed by atoms with Gasteiger partial charge in [0.1, 0.15) is 4.92 Å². The van der Waals surface area contributed by atoms with E-state index in [0.29, 0.717) is 67.9 Å². The molecule has 1 N–H and O–H groups in total. The van der Waals surface area contributed by atoms with Gasteiger partial charge in [0.05, 0.1) is 41.7 Å². The lowest BCUT2D eigenvalue weighted by Crippen LogP contribution is -2.36. The summed E-state index contributed by atoms with van der Waals surface area (Å²) in [6.45, 7) is 3.50. The number of carbonyl (C=O) groups is 1. The number of rotatable bonds is 10. The maximum Gasteiger partial charge on any atom is 0.433 e. The molecule has 0 saturated carbocycles. The fraction of sp³-hybridized carbons (Fsp3) is 0.286. The molecule has 1 aliphatic rings. The minimum absolute atomic E-state index is 0.279. The quantitative estimate of drug-likeness (QED) is 0.117. The fourth-order valence-electron chi connectivity index (χ4n) is 4.60. The molecule has 11 nitrogen and oxygen atoms in total. The van der Waals surface area contributed by atoms with Crippen molar-refractivity contribution in [2.75, 3.05) is 50.2 Å². The molecular formula is C28H28ClN5O6. The molecule has 1 amide bonds. The summed E-state index contributed by atoms with van der Waals surface area (Å²) in [6.07, 6.45) is 3.79. The molecular weight excluding hydrogens is 538 g/mol. The predicted octanol–water partition coefficient (Wildman–Crippen LogP) is 5.38. The highest BCUT2D eigenvalue weighted by Gasteiger charge is 2.23. The molecule has 0 aliphatic carbocycles. The lowest BCUT2D eigenvalue weighted by molar-refractivity contribution is -0.401. The third-order valence-corrected chi connectivity index (χ3v) is 6.86. The number of hydrogen-bond donors (Lipinski definition) is 1. The van der Waals surface area contributed by atoms with Gasteiger partial charge in [-0.05, 0) is 42.3 Å². The van der Waals surface area contributed by atoms with Gasteiger partial charge in [-0.2, -0.15) is 0 Å². The molecule has 2 aromatic heterocycles. The summed E-state index contributed by atoms with van der Waals surface area (Å²) in [7, 11) is 1.63. The number of nitrogens with one attached hydrogen (secondary N) is 1. The second-order valence-corrected chi connectivity index (χ2v) is 9.54. The van der Waals surface area contributed by atoms with Crippen LogP contribution in [-0.2, 0) is 20.8 Å². The van der Waals surface area contributed by atoms with E-state index in [2.05, 4.69) is 10.2 Å². The number of aromatic nitrogens is 2. The van der Waals surface area contributed by atoms with Crippen molar-refractivity contribution in [3.05, 3.63) is 75.3 Å². The number of nitrogens with zero attached hydrogens (tertiary/aromatic N) is 4. The number of carbonyl (C=O) groups excluding carboxylic acids is 1. The Morgan fingerprint density at radius 3 is 2.75 bits per heavy atom. The third-order valence-electron chi connectivity index (χ3n) is 6.52. The second-order valence-electron chi connectivity index (χ2n) is 9.13. The molecule has 1 fully saturated rings. The van der Waals surface area contributed by atoms with Crippen molar-refractivity contribution in [3.63, 3.8) is 0 Å². The number of morpholine rings is 1. The van der Waals surface area contributed by atoms with Crippen LogP contribution >= 0.6 is 11.6 Å². The van der Waals surface area contributed by atoms with Crippen LogP contribution in [-0.4, -0.2) is 60.4 Å². The van der Waals surface area contributed by atoms with Crippen LogP contribution in [0.3, 0.4) is 0 Å². The van der Waals surface area contributed by atoms with E-state index in [1.54, 1.807) is 19.3 Å². The molecule has 208 valence electrons. The molecule has 40 heavy (non-hydrogen) atoms. The van der Waals surface area contributed by atoms with Crippen molar-refractivity contribution in [2.45, 2.75) is 13.0 Å². The Balaban J connectivity index is 1.56. The summed E-state index contributed by atoms with van der Waals surface area (Å²) in [5, 5.41) is 14.8. The van der Waals surface area contributed by atoms with Gasteiger partial charge in [0.25, 0.3) is 0 Å². The Bertz CT molecular complexity index is 1560. The number of furan rings is 1. The van der Waals surface area contributed by atoms with Crippen LogP contribution in [0.5, 0.6) is 0 Å². The minimum Gasteiger partial charge on any atom is -0.397 e. The second kappa shape index (κ2) is 12.3. The average molecular weight is 566 g/mol. The lowest BCUT2D eigenvalue weighted by Gasteiger charge is -2.30. The van der Waals surface area contributed by atoms with Crippen molar-refractivity contribution in [2.24, 2.45) is 0 Å². The summed E-state index contributed by atoms with van der Waals surface area (Å²) >= 11 is 6.23. The first-order valence-corrected chi connectivity index (χ1v) is 13.2. The fourth-order valence-corrected chi connectivity index (χ4v) is 4.80. The first-order chi connectivity index (χ1) is 19.4. The zero-order chi connectivity index (χ0) is 28.1. The molecule has 0 atom stereocenters. The van der Waals surface area contributed by atoms with Gasteiger partial charge in [-0.15, -0.1) is 0 Å². The van der Waals surface area contributed by atoms with E-state index in [0.717, 1.165) is 16.8 Å². The van der Waals surface area contributed by atoms with Gasteiger partial charge in [0.2, 0.25) is 5.91 Å². The van der Waals surface area contributed by atoms with Crippen molar-refractivity contribution in [3.8, 4) is 11.6 Å². The topological polar surface area (TPSA) is 125 Å². The van der Waals surface area contributed by atoms with Gasteiger partial charge in [0, 0.05) is 44.4 Å². The van der Waals surface area contributed by atoms with Gasteiger partial charge >= 0.3 is 5.88 Å². The highest BCUT2D eigenvalue weighted by atomic mass is 35.5. The summed E-state index contributed by atoms with van der Waals surface area (Å²) < 4.78 is 18.3. The van der Waals surface area contributed by atoms with Gasteiger partial charge in [-0.25, -0.2) is 4.98 Å². The van der Waals surface area contributed by atoms with Crippen LogP contribution in [0, 0.1) is 10.1 Å². The normalized spacial score (nSPS) is 13.8. The number of amides is 1. The predicted molar refractivity (Wildman–Crippen MR) is 153 cm³/mol. The Kier molecular flexibility index (Phi) is 8.44. The largest absolute Gasteiger partial charge is 0.433 e. The van der Waals surface area contributed by atoms with E-state index < -0.39 is 4.92 Å². The molecule has 0 radical (unpaired) electrons. The first kappa shape index (κ1) is 27.4. The van der Waals surface area contributed by atoms with Gasteiger partial charge < -0.3 is 28.7 Å². The summed E-state index contributed by atoms with van der Waals surface area (Å²) in [4.78, 5) is 30.6. The number of aryl methyl sites for hydroxylation is 1. The standard InChI is InChI=1S/C28H28ClN5O6/c1-38-14-4-11-33-24-18-23(32-12-15-39-16-13-32)21(30-26(35)9-7-19-5-2-3-6-20(19)29)17-22(24)31-28(33)25-8-10-27(40-25)34(36)37/h2-3,5-10,17-18H,4,11-16H2,1H3,(H,30,35)/b9-7+. The number of nitro groups is 1. The lowest BCUT2D eigenvalue weighted by atomic mass is 10.2. The molecule has 2 aromatic carbocycles. The van der Waals surface area contributed by atoms with Crippen LogP contribution in [0.1, 0.15) is 12.0 Å². The van der Waals surface area contributed by atoms with E-state index in [1.165, 1.54) is 18.2 Å². The number of halogens is 1. The number of methoxy groups -OCH3 is 1. The number of anilines is 2. The Morgan fingerprint density at radius 1 is 1.23 bits per heavy atom. The Labute approximate surface area is 235 Å². The van der Waals surface area contributed by atoms with Crippen molar-refractivity contribution in [1.82, 2.24) is 9.55 Å². The molecule has 1 aliphatic heterocycles. The van der Waals surface area contributed by atoms with E-state index in [1.807, 2.05) is 34.9 Å². The summed E-state index contributed by atoms with van der Waals surface area (Å²) in [5.74, 6) is 0.0451. The molecule has 3 heterocycles. The number of ether oxygens (including phenoxy) is 2. The monoisotopic (exact) mass is 565 g/mol. The first-order valence-electron chi connectivity index (χ1n) is 12.8. The molecule has 1 saturated heterocycles. The molecule has 4 aromatic rings. The van der Waals surface area contributed by atoms with E-state index >= 15 is 0 Å². The van der Waals surface area contributed by atoms with Crippen molar-refractivity contribution >= 4 is 51.9 Å². The number of imidazole rings is 1. The smallest absolute Gasteiger partial charge is 0.397 e. The van der Waals surface area contributed by atoms with Crippen molar-refractivity contribution < 1.29 is 23.6 Å². The Morgan fingerprint density at radius 2 is 2.02 bits per heavy atom. The minimum atomic E-state index is -0.582. The van der Waals surface area contributed by atoms with E-state index in [-0.39, 0.29) is 17.6 Å². The van der Waals surface area contributed by atoms with Crippen LogP contribution in [0.4, 0.5) is 17.3 Å². The molecule has 0 bridgehead atoms. The van der Waals surface area contributed by atoms with Gasteiger partial charge in [-0.1, -0.05) is 29.8 Å². The number of benzene rings is 2. The van der Waals surface area contributed by atoms with Crippen molar-refractivity contribution in [1.29, 1.82) is 0 Å². The maximum absolute atomic E-state index is 13.0. The van der Waals surface area contributed by atoms with E-state index in [4.69, 9.17) is 30.5 Å². The van der Waals surface area contributed by atoms with E-state index in [9.17, 15) is 14.9 Å². The van der Waals surface area contributed by atoms with Crippen LogP contribution in [0.2, 0.25) is 5.02 Å². The van der Waals surface area contributed by atoms with Gasteiger partial charge in [-0.3, -0.25) is 14.9 Å². The summed E-state index contributed by atoms with van der Waals surface area (Å²) in [6, 6.07) is 13.9. The molecule has 5 rings (SSSR count). The zero-order valence-corrected chi connectivity index (χ0v) is 22.6. The maximum atomic E-state index is 13.0. The third kappa shape index (κ3) is 6.01. The van der Waals surface area contributed by atoms with Crippen LogP contribution in [0.25, 0.3) is 28.7 Å². The van der Waals surface area contributed by atoms with Crippen LogP contribution in [0.15, 0.2) is 59.0 Å². The number of hydrogen-bond acceptors (Lipinski definition) is 8. The number of fused-ring (bicyclic) bond motifs is 1. The van der Waals surface area contributed by atoms with Crippen LogP contribution < -0.4 is 10.2 Å². The Hall–Kier alpha value is -4.19. The highest BCUT2D eigenvalue weighted by molar-refractivity contribution is 6.32. The zero-order valence-electron chi connectivity index (χ0n) is 21.8. The highest BCUT2D eigenvalue weighted by Crippen LogP contribution is 2.36.